The molecule has 0 bridgehead atoms. The van der Waals surface area contributed by atoms with Crippen molar-refractivity contribution in [2.45, 2.75) is 64.0 Å². The van der Waals surface area contributed by atoms with Gasteiger partial charge in [0.1, 0.15) is 23.3 Å². The molecule has 1 unspecified atom stereocenters. The van der Waals surface area contributed by atoms with Crippen LogP contribution >= 0.6 is 0 Å². The third-order valence-corrected chi connectivity index (χ3v) is 11.6. The Bertz CT molecular complexity index is 2490. The molecule has 2 aromatic carbocycles. The lowest BCUT2D eigenvalue weighted by Gasteiger charge is -2.38. The molecule has 65 heavy (non-hydrogen) atoms. The number of benzene rings is 2. The number of fused-ring (bicyclic) bond motifs is 2. The first-order valence-electron chi connectivity index (χ1n) is 21.4. The molecular formula is C46H53N7O12. The van der Waals surface area contributed by atoms with Crippen molar-refractivity contribution in [1.82, 2.24) is 35.3 Å². The number of aromatic nitrogens is 2. The molecule has 5 heterocycles. The van der Waals surface area contributed by atoms with E-state index in [9.17, 15) is 33.6 Å². The van der Waals surface area contributed by atoms with Gasteiger partial charge < -0.3 is 34.5 Å². The van der Waals surface area contributed by atoms with Crippen LogP contribution in [0, 0.1) is 5.92 Å². The SMILES string of the molecule is COc1cc(-c2cn(C)c(=O)c3cnccc23)cc(OC)c1CN1CC(C(=O)NCCCCCCCCNC(=O)COc2cccc3c2C(=O)N(C2CCC(=O)NC2=O)C3=O)C1.O=CO. The van der Waals surface area contributed by atoms with Gasteiger partial charge in [0.2, 0.25) is 17.7 Å². The maximum atomic E-state index is 13.2. The van der Waals surface area contributed by atoms with Gasteiger partial charge in [0, 0.05) is 70.3 Å². The number of carbonyl (C=O) groups is 7. The highest BCUT2D eigenvalue weighted by atomic mass is 16.5. The molecule has 2 fully saturated rings. The number of aryl methyl sites for hydroxylation is 1. The summed E-state index contributed by atoms with van der Waals surface area (Å²) in [6.07, 6.45) is 10.7. The van der Waals surface area contributed by atoms with E-state index in [4.69, 9.17) is 24.1 Å². The number of ether oxygens (including phenoxy) is 3. The minimum absolute atomic E-state index is 0.00463. The second-order valence-corrected chi connectivity index (χ2v) is 15.9. The molecule has 0 aliphatic carbocycles. The maximum absolute atomic E-state index is 13.2. The van der Waals surface area contributed by atoms with Gasteiger partial charge >= 0.3 is 0 Å². The van der Waals surface area contributed by atoms with Crippen LogP contribution < -0.4 is 35.7 Å². The summed E-state index contributed by atoms with van der Waals surface area (Å²) in [6.45, 7) is 2.28. The third kappa shape index (κ3) is 11.0. The van der Waals surface area contributed by atoms with Crippen LogP contribution in [0.25, 0.3) is 21.9 Å². The van der Waals surface area contributed by atoms with Crippen molar-refractivity contribution < 1.29 is 52.9 Å². The molecule has 2 saturated heterocycles. The zero-order chi connectivity index (χ0) is 46.6. The van der Waals surface area contributed by atoms with Crippen LogP contribution in [0.2, 0.25) is 0 Å². The molecule has 1 atom stereocenters. The van der Waals surface area contributed by atoms with E-state index in [0.717, 1.165) is 65.5 Å². The second kappa shape index (κ2) is 22.0. The van der Waals surface area contributed by atoms with E-state index >= 15 is 0 Å². The number of likely N-dealkylation sites (tertiary alicyclic amines) is 1. The predicted octanol–water partition coefficient (Wildman–Crippen LogP) is 2.80. The fourth-order valence-corrected chi connectivity index (χ4v) is 8.26. The average molecular weight is 896 g/mol. The van der Waals surface area contributed by atoms with Crippen LogP contribution in [-0.4, -0.2) is 119 Å². The fourth-order valence-electron chi connectivity index (χ4n) is 8.26. The van der Waals surface area contributed by atoms with Crippen LogP contribution in [0.3, 0.4) is 0 Å². The zero-order valence-electron chi connectivity index (χ0n) is 36.6. The summed E-state index contributed by atoms with van der Waals surface area (Å²) >= 11 is 0. The minimum Gasteiger partial charge on any atom is -0.496 e. The summed E-state index contributed by atoms with van der Waals surface area (Å²) in [7, 11) is 4.96. The molecule has 3 aliphatic rings. The third-order valence-electron chi connectivity index (χ3n) is 11.6. The Morgan fingerprint density at radius 3 is 2.20 bits per heavy atom. The Hall–Kier alpha value is -7.15. The number of hydrogen-bond acceptors (Lipinski definition) is 13. The molecule has 4 aromatic rings. The largest absolute Gasteiger partial charge is 0.496 e. The maximum Gasteiger partial charge on any atom is 0.290 e. The normalized spacial score (nSPS) is 15.9. The first-order valence-corrected chi connectivity index (χ1v) is 21.4. The van der Waals surface area contributed by atoms with Crippen molar-refractivity contribution in [2.75, 3.05) is 47.0 Å². The lowest BCUT2D eigenvalue weighted by Crippen LogP contribution is -2.54. The Morgan fingerprint density at radius 2 is 1.54 bits per heavy atom. The van der Waals surface area contributed by atoms with Crippen molar-refractivity contribution in [3.63, 3.8) is 0 Å². The molecule has 7 rings (SSSR count). The Balaban J connectivity index is 0.00000227. The van der Waals surface area contributed by atoms with Crippen molar-refractivity contribution in [3.05, 3.63) is 82.0 Å². The van der Waals surface area contributed by atoms with Gasteiger partial charge in [-0.05, 0) is 60.5 Å². The van der Waals surface area contributed by atoms with Gasteiger partial charge in [0.25, 0.3) is 29.8 Å². The van der Waals surface area contributed by atoms with Gasteiger partial charge in [-0.2, -0.15) is 0 Å². The van der Waals surface area contributed by atoms with Crippen LogP contribution in [-0.2, 0) is 37.6 Å². The highest BCUT2D eigenvalue weighted by molar-refractivity contribution is 6.24. The Kier molecular flexibility index (Phi) is 16.0. The summed E-state index contributed by atoms with van der Waals surface area (Å²) in [5.41, 5.74) is 2.55. The van der Waals surface area contributed by atoms with Crippen molar-refractivity contribution in [3.8, 4) is 28.4 Å². The van der Waals surface area contributed by atoms with Crippen LogP contribution in [0.1, 0.15) is 77.6 Å². The van der Waals surface area contributed by atoms with Gasteiger partial charge in [0.15, 0.2) is 6.61 Å². The molecule has 19 nitrogen and oxygen atoms in total. The molecule has 0 radical (unpaired) electrons. The first-order chi connectivity index (χ1) is 31.4. The molecule has 0 spiro atoms. The van der Waals surface area contributed by atoms with Crippen molar-refractivity contribution in [1.29, 1.82) is 0 Å². The lowest BCUT2D eigenvalue weighted by molar-refractivity contribution is -0.136. The Labute approximate surface area is 374 Å². The number of rotatable bonds is 19. The quantitative estimate of drug-likeness (QED) is 0.0601. The first kappa shape index (κ1) is 47.3. The van der Waals surface area contributed by atoms with E-state index in [-0.39, 0.29) is 66.1 Å². The number of piperidine rings is 1. The van der Waals surface area contributed by atoms with Gasteiger partial charge in [-0.15, -0.1) is 0 Å². The number of methoxy groups -OCH3 is 2. The molecule has 0 saturated carbocycles. The summed E-state index contributed by atoms with van der Waals surface area (Å²) in [5.74, 6) is -1.51. The summed E-state index contributed by atoms with van der Waals surface area (Å²) in [6, 6.07) is 9.15. The standard InChI is InChI=1S/C45H51N7O10.CH2O2/c1-50-24-32(29-15-18-46-21-31(29)43(50)57)27-19-36(60-2)33(37(20-27)61-3)25-51-22-28(23-51)41(55)48-17-9-7-5-4-6-8-16-47-39(54)26-62-35-12-10-11-30-40(35)45(59)52(44(30)58)34-13-14-38(53)49-42(34)56;2-1-3/h10-12,15,18-21,24,28,34H,4-9,13-14,16-17,22-23,25-26H2,1-3H3,(H,47,54)(H,48,55)(H,49,53,56);1H,(H,2,3). The number of amides is 6. The average Bonchev–Trinajstić information content (AvgIpc) is 3.54. The van der Waals surface area contributed by atoms with Crippen molar-refractivity contribution in [2.24, 2.45) is 13.0 Å². The van der Waals surface area contributed by atoms with Gasteiger partial charge in [-0.1, -0.05) is 31.7 Å². The van der Waals surface area contributed by atoms with E-state index in [1.165, 1.54) is 12.1 Å². The number of unbranched alkanes of at least 4 members (excludes halogenated alkanes) is 5. The molecule has 3 aliphatic heterocycles. The lowest BCUT2D eigenvalue weighted by atomic mass is 9.96. The van der Waals surface area contributed by atoms with E-state index in [0.29, 0.717) is 49.6 Å². The molecule has 4 N–H and O–H groups in total. The van der Waals surface area contributed by atoms with Crippen LogP contribution in [0.4, 0.5) is 0 Å². The van der Waals surface area contributed by atoms with Crippen molar-refractivity contribution >= 4 is 52.7 Å². The highest BCUT2D eigenvalue weighted by Crippen LogP contribution is 2.39. The van der Waals surface area contributed by atoms with E-state index in [1.54, 1.807) is 44.3 Å². The summed E-state index contributed by atoms with van der Waals surface area (Å²) in [4.78, 5) is 104. The van der Waals surface area contributed by atoms with Crippen LogP contribution in [0.15, 0.2) is 59.8 Å². The molecule has 344 valence electrons. The topological polar surface area (TPSA) is 245 Å². The van der Waals surface area contributed by atoms with Crippen LogP contribution in [0.5, 0.6) is 17.2 Å². The van der Waals surface area contributed by atoms with Gasteiger partial charge in [-0.25, -0.2) is 0 Å². The number of hydrogen-bond donors (Lipinski definition) is 4. The zero-order valence-corrected chi connectivity index (χ0v) is 36.6. The monoisotopic (exact) mass is 895 g/mol. The minimum atomic E-state index is -1.09. The van der Waals surface area contributed by atoms with E-state index < -0.39 is 29.7 Å². The number of imide groups is 2. The molecular weight excluding hydrogens is 843 g/mol. The molecule has 19 heteroatoms. The van der Waals surface area contributed by atoms with E-state index in [2.05, 4.69) is 25.8 Å². The summed E-state index contributed by atoms with van der Waals surface area (Å²) < 4.78 is 18.8. The summed E-state index contributed by atoms with van der Waals surface area (Å²) in [5, 5.41) is 16.3. The number of nitrogens with one attached hydrogen (secondary N) is 3. The molecule has 2 aromatic heterocycles. The van der Waals surface area contributed by atoms with E-state index in [1.807, 2.05) is 24.4 Å². The number of pyridine rings is 2. The number of carboxylic acid groups (broad SMARTS) is 1. The number of carbonyl (C=O) groups excluding carboxylic acids is 6. The molecule has 6 amide bonds. The highest BCUT2D eigenvalue weighted by Gasteiger charge is 2.46. The Morgan fingerprint density at radius 1 is 0.877 bits per heavy atom. The predicted molar refractivity (Wildman–Crippen MR) is 235 cm³/mol. The smallest absolute Gasteiger partial charge is 0.290 e. The van der Waals surface area contributed by atoms with Gasteiger partial charge in [0.05, 0.1) is 42.2 Å². The van der Waals surface area contributed by atoms with Gasteiger partial charge in [-0.3, -0.25) is 58.5 Å². The fraction of sp³-hybridized carbons (Fsp3) is 0.413. The number of nitrogens with zero attached hydrogens (tertiary/aromatic N) is 4. The second-order valence-electron chi connectivity index (χ2n) is 15.9.